The molecule has 536 valence electrons. The fraction of sp³-hybridized carbons (Fsp3) is 0.0297. The molecule has 0 amide bonds. The van der Waals surface area contributed by atoms with Crippen LogP contribution in [0.2, 0.25) is 0 Å². The van der Waals surface area contributed by atoms with Crippen LogP contribution in [0.15, 0.2) is 400 Å². The van der Waals surface area contributed by atoms with Crippen LogP contribution in [0, 0.1) is 32.8 Å². The molecule has 0 aliphatic heterocycles. The van der Waals surface area contributed by atoms with Gasteiger partial charge in [0.2, 0.25) is 0 Å². The Bertz CT molecular complexity index is 6320. The molecule has 0 N–H and O–H groups in total. The molecule has 0 aliphatic rings. The van der Waals surface area contributed by atoms with Crippen LogP contribution < -0.4 is 29.4 Å². The summed E-state index contributed by atoms with van der Waals surface area (Å²) in [6, 6.07) is 142. The second-order valence-electron chi connectivity index (χ2n) is 27.5. The minimum Gasteiger partial charge on any atom is -0.345 e. The van der Waals surface area contributed by atoms with Crippen molar-refractivity contribution >= 4 is 156 Å². The van der Waals surface area contributed by atoms with E-state index in [1.165, 1.54) is 70.7 Å². The van der Waals surface area contributed by atoms with Gasteiger partial charge in [0.05, 0.1) is 28.2 Å². The summed E-state index contributed by atoms with van der Waals surface area (Å²) in [6.07, 6.45) is 0. The van der Waals surface area contributed by atoms with E-state index < -0.39 is 0 Å². The zero-order valence-corrected chi connectivity index (χ0v) is 61.9. The lowest BCUT2D eigenvalue weighted by Crippen LogP contribution is -2.12. The van der Waals surface area contributed by atoms with Crippen LogP contribution >= 0.6 is 0 Å². The molecule has 0 saturated carbocycles. The molecule has 18 aromatic carbocycles. The van der Waals surface area contributed by atoms with Gasteiger partial charge in [0, 0.05) is 119 Å². The summed E-state index contributed by atoms with van der Waals surface area (Å²) in [4.78, 5) is 23.9. The van der Waals surface area contributed by atoms with Crippen molar-refractivity contribution in [1.29, 1.82) is 10.5 Å². The number of rotatable bonds is 16. The highest BCUT2D eigenvalue weighted by Crippen LogP contribution is 2.43. The molecule has 11 heteroatoms. The van der Waals surface area contributed by atoms with Crippen molar-refractivity contribution < 1.29 is 4.92 Å². The number of non-ortho nitro benzene ring substituents is 1. The maximum Gasteiger partial charge on any atom is 0.271 e. The van der Waals surface area contributed by atoms with Gasteiger partial charge in [-0.1, -0.05) is 194 Å². The highest BCUT2D eigenvalue weighted by molar-refractivity contribution is 5.97. The van der Waals surface area contributed by atoms with E-state index in [-0.39, 0.29) is 10.6 Å². The summed E-state index contributed by atoms with van der Waals surface area (Å²) < 4.78 is 0. The summed E-state index contributed by atoms with van der Waals surface area (Å²) in [6.45, 7) is 0. The van der Waals surface area contributed by atoms with Gasteiger partial charge in [0.1, 0.15) is 0 Å². The first-order chi connectivity index (χ1) is 54.9. The predicted molar refractivity (Wildman–Crippen MR) is 468 cm³/mol. The van der Waals surface area contributed by atoms with Crippen LogP contribution in [0.5, 0.6) is 0 Å². The Morgan fingerprint density at radius 1 is 0.214 bits per heavy atom. The summed E-state index contributed by atoms with van der Waals surface area (Å²) in [5.74, 6) is 0. The largest absolute Gasteiger partial charge is 0.345 e. The monoisotopic (exact) mass is 1450 g/mol. The normalized spacial score (nSPS) is 10.9. The van der Waals surface area contributed by atoms with Crippen molar-refractivity contribution in [2.24, 2.45) is 0 Å². The van der Waals surface area contributed by atoms with Crippen molar-refractivity contribution in [1.82, 2.24) is 0 Å². The number of anilines is 15. The standard InChI is InChI=1S/2C34H25N3.C33H25N3O2/c1-36(32-12-6-7-25(21-32)24-35)30-17-19-31(20-18-30)37(33-15-13-26-8-2-4-10-28(26)22-33)34-16-14-27-9-3-5-11-29(27)23-34;1-36(30-14-10-25(24-35)11-15-30)31-18-20-32(21-19-31)37(33-16-12-26-6-2-4-8-28(26)22-33)34-17-13-27-7-3-5-9-29(27)23-34;1-34(30-11-6-12-33(23-30)36(37)38)28-17-19-29(20-18-28)35(31-15-13-24-7-2-4-9-26(24)21-31)32-16-14-25-8-3-5-10-27(25)22-32/h2*2-23H,1H3;2-23H,1H3. The van der Waals surface area contributed by atoms with E-state index >= 15 is 0 Å². The third-order valence-corrected chi connectivity index (χ3v) is 20.6. The van der Waals surface area contributed by atoms with Crippen LogP contribution in [0.1, 0.15) is 11.1 Å². The number of nitro groups is 1. The molecule has 0 aromatic heterocycles. The molecule has 0 heterocycles. The van der Waals surface area contributed by atoms with Crippen LogP contribution in [-0.2, 0) is 0 Å². The van der Waals surface area contributed by atoms with E-state index in [1.54, 1.807) is 12.1 Å². The predicted octanol–water partition coefficient (Wildman–Crippen LogP) is 27.3. The van der Waals surface area contributed by atoms with Gasteiger partial charge in [-0.05, 0) is 259 Å². The van der Waals surface area contributed by atoms with E-state index in [0.717, 1.165) is 85.3 Å². The van der Waals surface area contributed by atoms with E-state index in [4.69, 9.17) is 5.26 Å². The smallest absolute Gasteiger partial charge is 0.271 e. The van der Waals surface area contributed by atoms with Gasteiger partial charge in [0.25, 0.3) is 5.69 Å². The first kappa shape index (κ1) is 71.0. The fourth-order valence-corrected chi connectivity index (χ4v) is 14.5. The summed E-state index contributed by atoms with van der Waals surface area (Å²) >= 11 is 0. The van der Waals surface area contributed by atoms with Crippen molar-refractivity contribution in [3.8, 4) is 12.1 Å². The average molecular weight is 1450 g/mol. The maximum atomic E-state index is 11.2. The number of nitrogens with zero attached hydrogens (tertiary/aromatic N) is 9. The Labute approximate surface area is 651 Å². The Morgan fingerprint density at radius 2 is 0.438 bits per heavy atom. The van der Waals surface area contributed by atoms with Crippen LogP contribution in [0.4, 0.5) is 91.0 Å². The zero-order valence-electron chi connectivity index (χ0n) is 61.9. The molecule has 0 unspecified atom stereocenters. The molecule has 0 spiro atoms. The minimum atomic E-state index is -0.370. The van der Waals surface area contributed by atoms with Crippen molar-refractivity contribution in [3.05, 3.63) is 422 Å². The van der Waals surface area contributed by atoms with Gasteiger partial charge in [-0.3, -0.25) is 10.1 Å². The molecular formula is C101H75N9O2. The molecule has 18 aromatic rings. The maximum absolute atomic E-state index is 11.2. The van der Waals surface area contributed by atoms with Gasteiger partial charge in [-0.25, -0.2) is 0 Å². The number of nitro benzene ring substituents is 1. The molecule has 0 atom stereocenters. The lowest BCUT2D eigenvalue weighted by Gasteiger charge is -2.27. The summed E-state index contributed by atoms with van der Waals surface area (Å²) in [5.41, 5.74) is 17.0. The van der Waals surface area contributed by atoms with Gasteiger partial charge in [0.15, 0.2) is 0 Å². The number of fused-ring (bicyclic) bond motifs is 6. The second kappa shape index (κ2) is 32.0. The quantitative estimate of drug-likeness (QED) is 0.0685. The number of nitriles is 2. The molecule has 112 heavy (non-hydrogen) atoms. The molecule has 11 nitrogen and oxygen atoms in total. The number of hydrogen-bond donors (Lipinski definition) is 0. The molecular weight excluding hydrogens is 1370 g/mol. The van der Waals surface area contributed by atoms with Gasteiger partial charge in [-0.15, -0.1) is 0 Å². The first-order valence-corrected chi connectivity index (χ1v) is 37.1. The van der Waals surface area contributed by atoms with E-state index in [2.05, 4.69) is 352 Å². The molecule has 0 fully saturated rings. The van der Waals surface area contributed by atoms with E-state index in [9.17, 15) is 15.4 Å². The fourth-order valence-electron chi connectivity index (χ4n) is 14.5. The first-order valence-electron chi connectivity index (χ1n) is 37.1. The number of benzene rings is 18. The van der Waals surface area contributed by atoms with E-state index in [1.807, 2.05) is 92.8 Å². The van der Waals surface area contributed by atoms with Crippen LogP contribution in [0.25, 0.3) is 64.6 Å². The lowest BCUT2D eigenvalue weighted by molar-refractivity contribution is -0.384. The van der Waals surface area contributed by atoms with Gasteiger partial charge in [-0.2, -0.15) is 10.5 Å². The average Bonchev–Trinajstić information content (AvgIpc) is 0.788. The van der Waals surface area contributed by atoms with Crippen molar-refractivity contribution in [2.45, 2.75) is 0 Å². The van der Waals surface area contributed by atoms with Crippen LogP contribution in [0.3, 0.4) is 0 Å². The highest BCUT2D eigenvalue weighted by Gasteiger charge is 2.20. The minimum absolute atomic E-state index is 0.0738. The molecule has 0 aliphatic carbocycles. The van der Waals surface area contributed by atoms with E-state index in [0.29, 0.717) is 11.1 Å². The summed E-state index contributed by atoms with van der Waals surface area (Å²) in [5, 5.41) is 44.1. The topological polar surface area (TPSA) is 110 Å². The second-order valence-corrected chi connectivity index (χ2v) is 27.5. The molecule has 18 rings (SSSR count). The molecule has 0 radical (unpaired) electrons. The van der Waals surface area contributed by atoms with Gasteiger partial charge < -0.3 is 29.4 Å². The van der Waals surface area contributed by atoms with Crippen molar-refractivity contribution in [2.75, 3.05) is 50.5 Å². The third-order valence-electron chi connectivity index (χ3n) is 20.6. The Morgan fingerprint density at radius 3 is 0.705 bits per heavy atom. The van der Waals surface area contributed by atoms with Gasteiger partial charge >= 0.3 is 0 Å². The van der Waals surface area contributed by atoms with Crippen LogP contribution in [-0.4, -0.2) is 26.1 Å². The Kier molecular flexibility index (Phi) is 20.3. The Hall–Kier alpha value is -15.3. The number of hydrogen-bond acceptors (Lipinski definition) is 10. The highest BCUT2D eigenvalue weighted by atomic mass is 16.6. The third kappa shape index (κ3) is 15.4. The summed E-state index contributed by atoms with van der Waals surface area (Å²) in [7, 11) is 5.98. The SMILES string of the molecule is CN(c1ccc(C#N)cc1)c1ccc(N(c2ccc3ccccc3c2)c2ccc3ccccc3c2)cc1.CN(c1ccc(N(c2ccc3ccccc3c2)c2ccc3ccccc3c2)cc1)c1cccc(C#N)c1.CN(c1ccc(N(c2ccc3ccccc3c2)c2ccc3ccccc3c2)cc1)c1cccc([N+](=O)[O-])c1. The molecule has 0 bridgehead atoms. The van der Waals surface area contributed by atoms with Crippen molar-refractivity contribution in [3.63, 3.8) is 0 Å². The zero-order chi connectivity index (χ0) is 76.4. The Balaban J connectivity index is 0.000000127. The lowest BCUT2D eigenvalue weighted by atomic mass is 10.1. The molecule has 0 saturated heterocycles.